The van der Waals surface area contributed by atoms with Gasteiger partial charge >= 0.3 is 5.97 Å². The van der Waals surface area contributed by atoms with E-state index < -0.39 is 12.1 Å². The van der Waals surface area contributed by atoms with Crippen LogP contribution < -0.4 is 10.5 Å². The van der Waals surface area contributed by atoms with Gasteiger partial charge in [-0.25, -0.2) is 4.79 Å². The van der Waals surface area contributed by atoms with Gasteiger partial charge in [-0.05, 0) is 19.1 Å². The molecule has 4 heteroatoms. The van der Waals surface area contributed by atoms with E-state index in [1.54, 1.807) is 24.3 Å². The van der Waals surface area contributed by atoms with Gasteiger partial charge in [0.25, 0.3) is 0 Å². The number of nitrogen functional groups attached to an aromatic ring is 1. The predicted molar refractivity (Wildman–Crippen MR) is 48.6 cm³/mol. The van der Waals surface area contributed by atoms with Crippen molar-refractivity contribution >= 4 is 11.7 Å². The molecule has 0 fully saturated rings. The lowest BCUT2D eigenvalue weighted by molar-refractivity contribution is -0.144. The van der Waals surface area contributed by atoms with E-state index in [0.29, 0.717) is 11.4 Å². The van der Waals surface area contributed by atoms with E-state index in [4.69, 9.17) is 15.6 Å². The Kier molecular flexibility index (Phi) is 2.74. The Balaban J connectivity index is 2.69. The lowest BCUT2D eigenvalue weighted by Crippen LogP contribution is -2.22. The highest BCUT2D eigenvalue weighted by Gasteiger charge is 2.11. The number of carboxylic acids is 1. The van der Waals surface area contributed by atoms with Gasteiger partial charge in [0.05, 0.1) is 0 Å². The highest BCUT2D eigenvalue weighted by Crippen LogP contribution is 2.15. The van der Waals surface area contributed by atoms with Crippen LogP contribution in [0.25, 0.3) is 0 Å². The number of rotatable bonds is 3. The molecule has 1 aromatic carbocycles. The van der Waals surface area contributed by atoms with Gasteiger partial charge in [0.15, 0.2) is 6.10 Å². The number of benzene rings is 1. The third-order valence-corrected chi connectivity index (χ3v) is 1.52. The number of carboxylic acid groups (broad SMARTS) is 1. The molecule has 3 N–H and O–H groups in total. The molecule has 0 aliphatic rings. The molecular formula is C9H11NO3. The summed E-state index contributed by atoms with van der Waals surface area (Å²) in [6.07, 6.45) is -0.859. The molecule has 1 aromatic rings. The molecule has 4 nitrogen and oxygen atoms in total. The Hall–Kier alpha value is -1.71. The van der Waals surface area contributed by atoms with Crippen molar-refractivity contribution < 1.29 is 14.6 Å². The first-order valence-corrected chi connectivity index (χ1v) is 3.84. The third kappa shape index (κ3) is 2.66. The van der Waals surface area contributed by atoms with E-state index in [1.807, 2.05) is 0 Å². The van der Waals surface area contributed by atoms with E-state index in [0.717, 1.165) is 0 Å². The topological polar surface area (TPSA) is 72.5 Å². The summed E-state index contributed by atoms with van der Waals surface area (Å²) in [5, 5.41) is 8.56. The number of carbonyl (C=O) groups is 1. The maximum Gasteiger partial charge on any atom is 0.344 e. The molecule has 0 bridgehead atoms. The maximum absolute atomic E-state index is 10.4. The molecule has 0 spiro atoms. The van der Waals surface area contributed by atoms with Crippen LogP contribution in [-0.4, -0.2) is 17.2 Å². The predicted octanol–water partition coefficient (Wildman–Crippen LogP) is 1.12. The van der Waals surface area contributed by atoms with Crippen LogP contribution in [0, 0.1) is 0 Å². The number of aliphatic carboxylic acids is 1. The van der Waals surface area contributed by atoms with Gasteiger partial charge in [0, 0.05) is 11.8 Å². The molecule has 70 valence electrons. The van der Waals surface area contributed by atoms with E-state index in [2.05, 4.69) is 0 Å². The van der Waals surface area contributed by atoms with Crippen molar-refractivity contribution in [3.05, 3.63) is 24.3 Å². The molecule has 0 heterocycles. The summed E-state index contributed by atoms with van der Waals surface area (Å²) in [5.41, 5.74) is 6.03. The zero-order chi connectivity index (χ0) is 9.84. The van der Waals surface area contributed by atoms with Crippen LogP contribution in [0.15, 0.2) is 24.3 Å². The highest BCUT2D eigenvalue weighted by molar-refractivity contribution is 5.72. The Bertz CT molecular complexity index is 311. The first kappa shape index (κ1) is 9.38. The summed E-state index contributed by atoms with van der Waals surface area (Å²) in [7, 11) is 0. The first-order chi connectivity index (χ1) is 6.09. The van der Waals surface area contributed by atoms with Crippen molar-refractivity contribution in [3.8, 4) is 5.75 Å². The van der Waals surface area contributed by atoms with Crippen molar-refractivity contribution in [1.82, 2.24) is 0 Å². The number of nitrogens with two attached hydrogens (primary N) is 1. The minimum Gasteiger partial charge on any atom is -0.479 e. The lowest BCUT2D eigenvalue weighted by atomic mass is 10.3. The summed E-state index contributed by atoms with van der Waals surface area (Å²) < 4.78 is 5.08. The Morgan fingerprint density at radius 3 is 2.85 bits per heavy atom. The number of ether oxygens (including phenoxy) is 1. The summed E-state index contributed by atoms with van der Waals surface area (Å²) in [5.74, 6) is -0.530. The number of hydrogen-bond acceptors (Lipinski definition) is 3. The van der Waals surface area contributed by atoms with Crippen molar-refractivity contribution in [2.24, 2.45) is 0 Å². The molecule has 0 aliphatic carbocycles. The molecule has 0 saturated carbocycles. The Morgan fingerprint density at radius 2 is 2.31 bits per heavy atom. The lowest BCUT2D eigenvalue weighted by Gasteiger charge is -2.10. The average molecular weight is 181 g/mol. The molecule has 0 amide bonds. The van der Waals surface area contributed by atoms with E-state index >= 15 is 0 Å². The standard InChI is InChI=1S/C9H11NO3/c1-6(9(11)12)13-8-4-2-3-7(10)5-8/h2-6H,10H2,1H3,(H,11,12). The van der Waals surface area contributed by atoms with Crippen LogP contribution in [0.1, 0.15) is 6.92 Å². The summed E-state index contributed by atoms with van der Waals surface area (Å²) >= 11 is 0. The van der Waals surface area contributed by atoms with Crippen molar-refractivity contribution in [2.45, 2.75) is 13.0 Å². The smallest absolute Gasteiger partial charge is 0.344 e. The molecule has 0 saturated heterocycles. The second-order valence-electron chi connectivity index (χ2n) is 2.67. The van der Waals surface area contributed by atoms with Crippen molar-refractivity contribution in [3.63, 3.8) is 0 Å². The van der Waals surface area contributed by atoms with Gasteiger partial charge in [0.2, 0.25) is 0 Å². The van der Waals surface area contributed by atoms with Crippen LogP contribution in [0.5, 0.6) is 5.75 Å². The number of hydrogen-bond donors (Lipinski definition) is 2. The molecule has 0 aromatic heterocycles. The van der Waals surface area contributed by atoms with Crippen LogP contribution in [0.4, 0.5) is 5.69 Å². The molecule has 1 atom stereocenters. The minimum atomic E-state index is -0.998. The summed E-state index contributed by atoms with van der Waals surface area (Å²) in [6.45, 7) is 1.46. The van der Waals surface area contributed by atoms with Gasteiger partial charge in [-0.1, -0.05) is 6.07 Å². The molecule has 1 unspecified atom stereocenters. The highest BCUT2D eigenvalue weighted by atomic mass is 16.5. The summed E-state index contributed by atoms with van der Waals surface area (Å²) in [6, 6.07) is 6.66. The Labute approximate surface area is 75.9 Å². The normalized spacial score (nSPS) is 12.1. The zero-order valence-electron chi connectivity index (χ0n) is 7.23. The fourth-order valence-electron chi connectivity index (χ4n) is 0.842. The monoisotopic (exact) mass is 181 g/mol. The maximum atomic E-state index is 10.4. The van der Waals surface area contributed by atoms with Gasteiger partial charge in [-0.3, -0.25) is 0 Å². The van der Waals surface area contributed by atoms with Gasteiger partial charge < -0.3 is 15.6 Å². The average Bonchev–Trinajstić information content (AvgIpc) is 2.04. The van der Waals surface area contributed by atoms with Crippen LogP contribution in [0.3, 0.4) is 0 Å². The fraction of sp³-hybridized carbons (Fsp3) is 0.222. The minimum absolute atomic E-state index is 0.468. The van der Waals surface area contributed by atoms with E-state index in [9.17, 15) is 4.79 Å². The Morgan fingerprint density at radius 1 is 1.62 bits per heavy atom. The molecule has 1 rings (SSSR count). The second-order valence-corrected chi connectivity index (χ2v) is 2.67. The first-order valence-electron chi connectivity index (χ1n) is 3.84. The van der Waals surface area contributed by atoms with Crippen LogP contribution in [0.2, 0.25) is 0 Å². The molecule has 0 aliphatic heterocycles. The fourth-order valence-corrected chi connectivity index (χ4v) is 0.842. The third-order valence-electron chi connectivity index (χ3n) is 1.52. The van der Waals surface area contributed by atoms with Crippen LogP contribution >= 0.6 is 0 Å². The quantitative estimate of drug-likeness (QED) is 0.685. The van der Waals surface area contributed by atoms with E-state index in [-0.39, 0.29) is 0 Å². The van der Waals surface area contributed by atoms with Crippen LogP contribution in [-0.2, 0) is 4.79 Å². The van der Waals surface area contributed by atoms with Gasteiger partial charge in [-0.15, -0.1) is 0 Å². The largest absolute Gasteiger partial charge is 0.479 e. The SMILES string of the molecule is CC(Oc1cccc(N)c1)C(=O)O. The van der Waals surface area contributed by atoms with Crippen molar-refractivity contribution in [2.75, 3.05) is 5.73 Å². The second kappa shape index (κ2) is 3.80. The molecule has 0 radical (unpaired) electrons. The van der Waals surface area contributed by atoms with Gasteiger partial charge in [0.1, 0.15) is 5.75 Å². The zero-order valence-corrected chi connectivity index (χ0v) is 7.23. The number of anilines is 1. The molecular weight excluding hydrogens is 170 g/mol. The van der Waals surface area contributed by atoms with Crippen molar-refractivity contribution in [1.29, 1.82) is 0 Å². The van der Waals surface area contributed by atoms with Gasteiger partial charge in [-0.2, -0.15) is 0 Å². The van der Waals surface area contributed by atoms with E-state index in [1.165, 1.54) is 6.92 Å². The summed E-state index contributed by atoms with van der Waals surface area (Å²) in [4.78, 5) is 10.4. The molecule has 13 heavy (non-hydrogen) atoms.